The van der Waals surface area contributed by atoms with Crippen LogP contribution in [0.4, 0.5) is 11.4 Å². The van der Waals surface area contributed by atoms with E-state index in [0.717, 1.165) is 49.7 Å². The number of halogens is 1. The summed E-state index contributed by atoms with van der Waals surface area (Å²) in [4.78, 5) is 17.6. The highest BCUT2D eigenvalue weighted by Gasteiger charge is 2.17. The van der Waals surface area contributed by atoms with Crippen LogP contribution in [0.5, 0.6) is 0 Å². The molecular formula is C23H26ClN5O. The summed E-state index contributed by atoms with van der Waals surface area (Å²) in [6.45, 7) is 9.57. The molecule has 2 heterocycles. The number of carbonyl (C=O) groups is 1. The van der Waals surface area contributed by atoms with Gasteiger partial charge in [-0.05, 0) is 61.5 Å². The molecule has 156 valence electrons. The molecule has 0 saturated carbocycles. The highest BCUT2D eigenvalue weighted by molar-refractivity contribution is 6.30. The van der Waals surface area contributed by atoms with Crippen molar-refractivity contribution in [2.45, 2.75) is 13.8 Å². The molecule has 6 nitrogen and oxygen atoms in total. The predicted octanol–water partition coefficient (Wildman–Crippen LogP) is 4.23. The Bertz CT molecular complexity index is 1020. The molecule has 30 heavy (non-hydrogen) atoms. The van der Waals surface area contributed by atoms with Crippen LogP contribution in [0.3, 0.4) is 0 Å². The van der Waals surface area contributed by atoms with E-state index in [1.165, 1.54) is 5.69 Å². The van der Waals surface area contributed by atoms with Crippen molar-refractivity contribution in [2.75, 3.05) is 42.9 Å². The molecule has 0 aliphatic carbocycles. The third-order valence-corrected chi connectivity index (χ3v) is 5.83. The van der Waals surface area contributed by atoms with E-state index < -0.39 is 0 Å². The SMILES string of the molecule is CCN1CCN(c2ccc(NC(=O)c3cnn(-c4ccc(Cl)cc4)c3)c(C)c2)CC1. The number of carbonyl (C=O) groups excluding carboxylic acids is 1. The zero-order valence-corrected chi connectivity index (χ0v) is 18.1. The third-order valence-electron chi connectivity index (χ3n) is 5.58. The molecule has 7 heteroatoms. The zero-order valence-electron chi connectivity index (χ0n) is 17.3. The van der Waals surface area contributed by atoms with Gasteiger partial charge >= 0.3 is 0 Å². The zero-order chi connectivity index (χ0) is 21.1. The number of piperazine rings is 1. The number of anilines is 2. The molecule has 1 aromatic heterocycles. The lowest BCUT2D eigenvalue weighted by Crippen LogP contribution is -2.46. The molecular weight excluding hydrogens is 398 g/mol. The van der Waals surface area contributed by atoms with Crippen molar-refractivity contribution in [1.29, 1.82) is 0 Å². The number of benzene rings is 2. The second kappa shape index (κ2) is 8.90. The second-order valence-electron chi connectivity index (χ2n) is 7.52. The fraction of sp³-hybridized carbons (Fsp3) is 0.304. The Morgan fingerprint density at radius 3 is 2.43 bits per heavy atom. The molecule has 1 saturated heterocycles. The molecule has 3 aromatic rings. The van der Waals surface area contributed by atoms with Crippen molar-refractivity contribution in [3.8, 4) is 5.69 Å². The Kier molecular flexibility index (Phi) is 6.06. The van der Waals surface area contributed by atoms with Gasteiger partial charge in [0, 0.05) is 48.8 Å². The van der Waals surface area contributed by atoms with Gasteiger partial charge < -0.3 is 15.1 Å². The summed E-state index contributed by atoms with van der Waals surface area (Å²) >= 11 is 5.93. The summed E-state index contributed by atoms with van der Waals surface area (Å²) in [5, 5.41) is 7.96. The van der Waals surface area contributed by atoms with Crippen molar-refractivity contribution in [3.63, 3.8) is 0 Å². The van der Waals surface area contributed by atoms with Crippen molar-refractivity contribution in [3.05, 3.63) is 71.0 Å². The van der Waals surface area contributed by atoms with Crippen LogP contribution in [-0.2, 0) is 0 Å². The lowest BCUT2D eigenvalue weighted by molar-refractivity contribution is 0.102. The van der Waals surface area contributed by atoms with E-state index in [-0.39, 0.29) is 5.91 Å². The molecule has 0 atom stereocenters. The summed E-state index contributed by atoms with van der Waals surface area (Å²) < 4.78 is 1.66. The van der Waals surface area contributed by atoms with E-state index in [9.17, 15) is 4.79 Å². The van der Waals surface area contributed by atoms with E-state index in [1.54, 1.807) is 29.2 Å². The van der Waals surface area contributed by atoms with Gasteiger partial charge in [0.25, 0.3) is 5.91 Å². The molecule has 0 bridgehead atoms. The highest BCUT2D eigenvalue weighted by Crippen LogP contribution is 2.24. The quantitative estimate of drug-likeness (QED) is 0.667. The number of nitrogens with one attached hydrogen (secondary N) is 1. The number of hydrogen-bond donors (Lipinski definition) is 1. The average Bonchev–Trinajstić information content (AvgIpc) is 3.26. The minimum Gasteiger partial charge on any atom is -0.369 e. The Hall–Kier alpha value is -2.83. The van der Waals surface area contributed by atoms with Gasteiger partial charge in [0.1, 0.15) is 0 Å². The molecule has 1 fully saturated rings. The van der Waals surface area contributed by atoms with Gasteiger partial charge in [-0.1, -0.05) is 18.5 Å². The number of likely N-dealkylation sites (N-methyl/N-ethyl adjacent to an activating group) is 1. The van der Waals surface area contributed by atoms with Crippen LogP contribution in [0.15, 0.2) is 54.9 Å². The Morgan fingerprint density at radius 1 is 1.07 bits per heavy atom. The van der Waals surface area contributed by atoms with Gasteiger partial charge in [0.05, 0.1) is 17.4 Å². The normalized spacial score (nSPS) is 14.7. The molecule has 2 aromatic carbocycles. The number of rotatable bonds is 5. The van der Waals surface area contributed by atoms with Crippen LogP contribution >= 0.6 is 11.6 Å². The van der Waals surface area contributed by atoms with Gasteiger partial charge in [0.15, 0.2) is 0 Å². The van der Waals surface area contributed by atoms with Crippen LogP contribution in [-0.4, -0.2) is 53.3 Å². The number of nitrogens with zero attached hydrogens (tertiary/aromatic N) is 4. The molecule has 0 radical (unpaired) electrons. The Balaban J connectivity index is 1.43. The first-order valence-corrected chi connectivity index (χ1v) is 10.6. The van der Waals surface area contributed by atoms with Crippen molar-refractivity contribution in [2.24, 2.45) is 0 Å². The number of hydrogen-bond acceptors (Lipinski definition) is 4. The summed E-state index contributed by atoms with van der Waals surface area (Å²) in [6.07, 6.45) is 3.29. The third kappa shape index (κ3) is 4.50. The molecule has 4 rings (SSSR count). The van der Waals surface area contributed by atoms with E-state index in [2.05, 4.69) is 39.3 Å². The number of aryl methyl sites for hydroxylation is 1. The minimum absolute atomic E-state index is 0.178. The molecule has 1 N–H and O–H groups in total. The standard InChI is InChI=1S/C23H26ClN5O/c1-3-27-10-12-28(13-11-27)21-8-9-22(17(2)14-21)26-23(30)18-15-25-29(16-18)20-6-4-19(24)5-7-20/h4-9,14-16H,3,10-13H2,1-2H3,(H,26,30). The summed E-state index contributed by atoms with van der Waals surface area (Å²) in [5.41, 5.74) is 4.42. The lowest BCUT2D eigenvalue weighted by atomic mass is 10.1. The monoisotopic (exact) mass is 423 g/mol. The van der Waals surface area contributed by atoms with Gasteiger partial charge in [-0.2, -0.15) is 5.10 Å². The summed E-state index contributed by atoms with van der Waals surface area (Å²) in [5.74, 6) is -0.178. The average molecular weight is 424 g/mol. The number of aromatic nitrogens is 2. The van der Waals surface area contributed by atoms with Gasteiger partial charge in [-0.25, -0.2) is 4.68 Å². The van der Waals surface area contributed by atoms with E-state index in [4.69, 9.17) is 11.6 Å². The van der Waals surface area contributed by atoms with Crippen LogP contribution in [0.1, 0.15) is 22.8 Å². The molecule has 1 aliphatic heterocycles. The van der Waals surface area contributed by atoms with Crippen LogP contribution in [0.25, 0.3) is 5.69 Å². The van der Waals surface area contributed by atoms with Gasteiger partial charge in [-0.3, -0.25) is 4.79 Å². The first-order valence-electron chi connectivity index (χ1n) is 10.2. The number of amides is 1. The van der Waals surface area contributed by atoms with Gasteiger partial charge in [-0.15, -0.1) is 0 Å². The van der Waals surface area contributed by atoms with Gasteiger partial charge in [0.2, 0.25) is 0 Å². The van der Waals surface area contributed by atoms with Crippen LogP contribution < -0.4 is 10.2 Å². The highest BCUT2D eigenvalue weighted by atomic mass is 35.5. The second-order valence-corrected chi connectivity index (χ2v) is 7.96. The topological polar surface area (TPSA) is 53.4 Å². The maximum atomic E-state index is 12.7. The van der Waals surface area contributed by atoms with Crippen LogP contribution in [0, 0.1) is 6.92 Å². The minimum atomic E-state index is -0.178. The first-order chi connectivity index (χ1) is 14.5. The largest absolute Gasteiger partial charge is 0.369 e. The maximum Gasteiger partial charge on any atom is 0.258 e. The molecule has 0 spiro atoms. The fourth-order valence-corrected chi connectivity index (χ4v) is 3.80. The van der Waals surface area contributed by atoms with E-state index in [1.807, 2.05) is 25.1 Å². The summed E-state index contributed by atoms with van der Waals surface area (Å²) in [7, 11) is 0. The Morgan fingerprint density at radius 2 is 1.77 bits per heavy atom. The lowest BCUT2D eigenvalue weighted by Gasteiger charge is -2.35. The van der Waals surface area contributed by atoms with E-state index >= 15 is 0 Å². The summed E-state index contributed by atoms with van der Waals surface area (Å²) in [6, 6.07) is 13.5. The predicted molar refractivity (Wildman–Crippen MR) is 122 cm³/mol. The van der Waals surface area contributed by atoms with Crippen molar-refractivity contribution >= 4 is 28.9 Å². The maximum absolute atomic E-state index is 12.7. The molecule has 1 aliphatic rings. The smallest absolute Gasteiger partial charge is 0.258 e. The fourth-order valence-electron chi connectivity index (χ4n) is 3.68. The molecule has 0 unspecified atom stereocenters. The van der Waals surface area contributed by atoms with Crippen molar-refractivity contribution < 1.29 is 4.79 Å². The molecule has 1 amide bonds. The van der Waals surface area contributed by atoms with Crippen molar-refractivity contribution in [1.82, 2.24) is 14.7 Å². The Labute approximate surface area is 182 Å². The first kappa shape index (κ1) is 20.4. The van der Waals surface area contributed by atoms with E-state index in [0.29, 0.717) is 10.6 Å². The van der Waals surface area contributed by atoms with Crippen LogP contribution in [0.2, 0.25) is 5.02 Å².